The molecule has 1 aromatic carbocycles. The average molecular weight is 311 g/mol. The first-order valence-electron chi connectivity index (χ1n) is 5.46. The van der Waals surface area contributed by atoms with Gasteiger partial charge in [0.1, 0.15) is 11.5 Å². The molecule has 94 valence electrons. The van der Waals surface area contributed by atoms with Gasteiger partial charge in [-0.1, -0.05) is 12.1 Å². The van der Waals surface area contributed by atoms with E-state index in [0.717, 1.165) is 10.0 Å². The smallest absolute Gasteiger partial charge is 0.268 e. The van der Waals surface area contributed by atoms with Gasteiger partial charge in [-0.05, 0) is 46.6 Å². The third-order valence-corrected chi connectivity index (χ3v) is 3.07. The zero-order valence-electron chi connectivity index (χ0n) is 9.71. The van der Waals surface area contributed by atoms with Gasteiger partial charge in [0, 0.05) is 10.7 Å². The number of nitrogens with one attached hydrogen (secondary N) is 2. The van der Waals surface area contributed by atoms with E-state index in [-0.39, 0.29) is 17.8 Å². The van der Waals surface area contributed by atoms with Crippen LogP contribution in [0.1, 0.15) is 29.0 Å². The third kappa shape index (κ3) is 2.98. The monoisotopic (exact) mass is 310 g/mol. The number of carbonyl (C=O) groups excluding carboxylic acids is 1. The molecule has 2 aromatic rings. The molecule has 18 heavy (non-hydrogen) atoms. The van der Waals surface area contributed by atoms with Gasteiger partial charge in [-0.3, -0.25) is 4.79 Å². The molecule has 0 aliphatic carbocycles. The Kier molecular flexibility index (Phi) is 3.81. The van der Waals surface area contributed by atoms with Crippen LogP contribution in [0.5, 0.6) is 0 Å². The normalized spacial score (nSPS) is 12.2. The van der Waals surface area contributed by atoms with Crippen molar-refractivity contribution < 1.29 is 9.18 Å². The van der Waals surface area contributed by atoms with Crippen molar-refractivity contribution >= 4 is 21.8 Å². The van der Waals surface area contributed by atoms with Crippen molar-refractivity contribution in [1.29, 1.82) is 0 Å². The van der Waals surface area contributed by atoms with Crippen LogP contribution in [0.25, 0.3) is 0 Å². The summed E-state index contributed by atoms with van der Waals surface area (Å²) in [5, 5.41) is 2.83. The van der Waals surface area contributed by atoms with E-state index in [1.165, 1.54) is 12.1 Å². The number of carbonyl (C=O) groups is 1. The van der Waals surface area contributed by atoms with Gasteiger partial charge in [0.15, 0.2) is 0 Å². The van der Waals surface area contributed by atoms with Gasteiger partial charge >= 0.3 is 0 Å². The van der Waals surface area contributed by atoms with Crippen molar-refractivity contribution in [3.8, 4) is 0 Å². The van der Waals surface area contributed by atoms with Crippen LogP contribution in [0.15, 0.2) is 41.0 Å². The van der Waals surface area contributed by atoms with Crippen molar-refractivity contribution in [3.05, 3.63) is 58.1 Å². The Morgan fingerprint density at radius 2 is 2.06 bits per heavy atom. The maximum Gasteiger partial charge on any atom is 0.268 e. The number of rotatable bonds is 3. The second kappa shape index (κ2) is 5.35. The van der Waals surface area contributed by atoms with Crippen LogP contribution in [0.3, 0.4) is 0 Å². The molecule has 0 saturated heterocycles. The number of hydrogen-bond donors (Lipinski definition) is 2. The molecule has 0 radical (unpaired) electrons. The molecule has 1 aromatic heterocycles. The van der Waals surface area contributed by atoms with Gasteiger partial charge in [0.25, 0.3) is 5.91 Å². The van der Waals surface area contributed by atoms with Crippen molar-refractivity contribution in [2.24, 2.45) is 0 Å². The summed E-state index contributed by atoms with van der Waals surface area (Å²) in [5.74, 6) is -0.483. The van der Waals surface area contributed by atoms with E-state index in [1.54, 1.807) is 24.4 Å². The van der Waals surface area contributed by atoms with E-state index in [1.807, 2.05) is 6.92 Å². The molecule has 2 N–H and O–H groups in total. The summed E-state index contributed by atoms with van der Waals surface area (Å²) in [5.41, 5.74) is 1.34. The summed E-state index contributed by atoms with van der Waals surface area (Å²) in [6.07, 6.45) is 1.69. The number of aromatic nitrogens is 1. The van der Waals surface area contributed by atoms with Crippen molar-refractivity contribution in [2.45, 2.75) is 13.0 Å². The fourth-order valence-electron chi connectivity index (χ4n) is 1.61. The van der Waals surface area contributed by atoms with E-state index in [9.17, 15) is 9.18 Å². The predicted molar refractivity (Wildman–Crippen MR) is 70.8 cm³/mol. The number of amides is 1. The SMILES string of the molecule is CC(NC(=O)c1cc(Br)c[nH]1)c1ccc(F)cc1. The molecular weight excluding hydrogens is 299 g/mol. The number of H-pyrrole nitrogens is 1. The molecule has 0 aliphatic rings. The summed E-state index contributed by atoms with van der Waals surface area (Å²) in [6.45, 7) is 1.85. The number of hydrogen-bond acceptors (Lipinski definition) is 1. The van der Waals surface area contributed by atoms with Gasteiger partial charge in [-0.15, -0.1) is 0 Å². The summed E-state index contributed by atoms with van der Waals surface area (Å²) in [7, 11) is 0. The van der Waals surface area contributed by atoms with E-state index in [4.69, 9.17) is 0 Å². The minimum Gasteiger partial charge on any atom is -0.356 e. The first-order chi connectivity index (χ1) is 8.56. The maximum atomic E-state index is 12.8. The Bertz CT molecular complexity index is 550. The Labute approximate surface area is 113 Å². The molecule has 0 fully saturated rings. The first-order valence-corrected chi connectivity index (χ1v) is 6.26. The van der Waals surface area contributed by atoms with Crippen LogP contribution in [-0.2, 0) is 0 Å². The average Bonchev–Trinajstić information content (AvgIpc) is 2.76. The topological polar surface area (TPSA) is 44.9 Å². The molecule has 0 saturated carbocycles. The molecule has 0 aliphatic heterocycles. The molecule has 3 nitrogen and oxygen atoms in total. The van der Waals surface area contributed by atoms with E-state index in [0.29, 0.717) is 5.69 Å². The quantitative estimate of drug-likeness (QED) is 0.896. The van der Waals surface area contributed by atoms with Gasteiger partial charge in [-0.2, -0.15) is 0 Å². The van der Waals surface area contributed by atoms with Crippen LogP contribution < -0.4 is 5.32 Å². The minimum atomic E-state index is -0.287. The van der Waals surface area contributed by atoms with Gasteiger partial charge in [-0.25, -0.2) is 4.39 Å². The Balaban J connectivity index is 2.05. The highest BCUT2D eigenvalue weighted by atomic mass is 79.9. The predicted octanol–water partition coefficient (Wildman–Crippen LogP) is 3.41. The molecule has 1 heterocycles. The largest absolute Gasteiger partial charge is 0.356 e. The van der Waals surface area contributed by atoms with E-state index in [2.05, 4.69) is 26.2 Å². The Morgan fingerprint density at radius 3 is 2.61 bits per heavy atom. The molecule has 2 rings (SSSR count). The lowest BCUT2D eigenvalue weighted by atomic mass is 10.1. The standard InChI is InChI=1S/C13H12BrFN2O/c1-8(9-2-4-11(15)5-3-9)17-13(18)12-6-10(14)7-16-12/h2-8,16H,1H3,(H,17,18). The second-order valence-corrected chi connectivity index (χ2v) is 4.89. The molecule has 0 bridgehead atoms. The van der Waals surface area contributed by atoms with Gasteiger partial charge in [0.2, 0.25) is 0 Å². The van der Waals surface area contributed by atoms with E-state index >= 15 is 0 Å². The molecule has 1 unspecified atom stereocenters. The zero-order chi connectivity index (χ0) is 13.1. The number of halogens is 2. The van der Waals surface area contributed by atoms with Crippen molar-refractivity contribution in [2.75, 3.05) is 0 Å². The zero-order valence-corrected chi connectivity index (χ0v) is 11.3. The lowest BCUT2D eigenvalue weighted by Gasteiger charge is -2.13. The van der Waals surface area contributed by atoms with E-state index < -0.39 is 0 Å². The summed E-state index contributed by atoms with van der Waals surface area (Å²) < 4.78 is 13.6. The summed E-state index contributed by atoms with van der Waals surface area (Å²) >= 11 is 3.27. The second-order valence-electron chi connectivity index (χ2n) is 3.98. The lowest BCUT2D eigenvalue weighted by Crippen LogP contribution is -2.26. The highest BCUT2D eigenvalue weighted by molar-refractivity contribution is 9.10. The van der Waals surface area contributed by atoms with Gasteiger partial charge < -0.3 is 10.3 Å². The number of benzene rings is 1. The Morgan fingerprint density at radius 1 is 1.39 bits per heavy atom. The molecule has 0 spiro atoms. The summed E-state index contributed by atoms with van der Waals surface area (Å²) in [4.78, 5) is 14.7. The molecule has 1 amide bonds. The third-order valence-electron chi connectivity index (χ3n) is 2.61. The minimum absolute atomic E-state index is 0.180. The van der Waals surface area contributed by atoms with Gasteiger partial charge in [0.05, 0.1) is 6.04 Å². The molecular formula is C13H12BrFN2O. The highest BCUT2D eigenvalue weighted by Gasteiger charge is 2.12. The van der Waals surface area contributed by atoms with Crippen molar-refractivity contribution in [1.82, 2.24) is 10.3 Å². The lowest BCUT2D eigenvalue weighted by molar-refractivity contribution is 0.0935. The van der Waals surface area contributed by atoms with Crippen LogP contribution in [0.4, 0.5) is 4.39 Å². The summed E-state index contributed by atoms with van der Waals surface area (Å²) in [6, 6.07) is 7.59. The van der Waals surface area contributed by atoms with Crippen molar-refractivity contribution in [3.63, 3.8) is 0 Å². The fraction of sp³-hybridized carbons (Fsp3) is 0.154. The maximum absolute atomic E-state index is 12.8. The first kappa shape index (κ1) is 12.8. The van der Waals surface area contributed by atoms with Crippen LogP contribution in [-0.4, -0.2) is 10.9 Å². The fourth-order valence-corrected chi connectivity index (χ4v) is 1.95. The number of aromatic amines is 1. The van der Waals surface area contributed by atoms with Crippen LogP contribution in [0, 0.1) is 5.82 Å². The Hall–Kier alpha value is -1.62. The molecule has 1 atom stereocenters. The van der Waals surface area contributed by atoms with Crippen LogP contribution in [0.2, 0.25) is 0 Å². The molecule has 5 heteroatoms. The highest BCUT2D eigenvalue weighted by Crippen LogP contribution is 2.15. The van der Waals surface area contributed by atoms with Crippen LogP contribution >= 0.6 is 15.9 Å².